The lowest BCUT2D eigenvalue weighted by Gasteiger charge is -2.02. The summed E-state index contributed by atoms with van der Waals surface area (Å²) in [7, 11) is 1.50. The molecule has 0 saturated heterocycles. The lowest BCUT2D eigenvalue weighted by molar-refractivity contribution is -0.126. The summed E-state index contributed by atoms with van der Waals surface area (Å²) in [5.74, 6) is -0.222. The Hall–Kier alpha value is -2.29. The van der Waals surface area contributed by atoms with Crippen molar-refractivity contribution in [3.63, 3.8) is 0 Å². The molecule has 1 aromatic carbocycles. The number of carbonyl (C=O) groups is 2. The van der Waals surface area contributed by atoms with Gasteiger partial charge in [0, 0.05) is 17.1 Å². The molecule has 8 nitrogen and oxygen atoms in total. The van der Waals surface area contributed by atoms with E-state index in [2.05, 4.69) is 42.0 Å². The van der Waals surface area contributed by atoms with Gasteiger partial charge >= 0.3 is 0 Å². The van der Waals surface area contributed by atoms with Gasteiger partial charge in [-0.25, -0.2) is 0 Å². The Morgan fingerprint density at radius 3 is 2.76 bits per heavy atom. The Morgan fingerprint density at radius 2 is 2.05 bits per heavy atom. The van der Waals surface area contributed by atoms with Crippen LogP contribution in [-0.4, -0.2) is 45.6 Å². The highest BCUT2D eigenvalue weighted by Crippen LogP contribution is 2.23. The Morgan fingerprint density at radius 1 is 1.29 bits per heavy atom. The smallest absolute Gasteiger partial charge is 0.244 e. The molecule has 9 heteroatoms. The van der Waals surface area contributed by atoms with Crippen molar-refractivity contribution in [2.45, 2.75) is 6.54 Å². The Labute approximate surface area is 129 Å². The lowest BCUT2D eigenvalue weighted by atomic mass is 10.2. The summed E-state index contributed by atoms with van der Waals surface area (Å²) in [6, 6.07) is 7.45. The number of tetrazole rings is 1. The van der Waals surface area contributed by atoms with Crippen LogP contribution in [0.2, 0.25) is 0 Å². The first-order chi connectivity index (χ1) is 10.1. The predicted molar refractivity (Wildman–Crippen MR) is 78.0 cm³/mol. The first-order valence-corrected chi connectivity index (χ1v) is 6.89. The van der Waals surface area contributed by atoms with Crippen molar-refractivity contribution in [2.75, 3.05) is 13.6 Å². The number of carbonyl (C=O) groups excluding carboxylic acids is 2. The van der Waals surface area contributed by atoms with E-state index >= 15 is 0 Å². The maximum atomic E-state index is 11.6. The molecule has 0 spiro atoms. The quantitative estimate of drug-likeness (QED) is 0.786. The molecule has 0 atom stereocenters. The molecule has 1 aromatic heterocycles. The molecule has 2 rings (SSSR count). The largest absolute Gasteiger partial charge is 0.358 e. The van der Waals surface area contributed by atoms with Gasteiger partial charge in [0.05, 0.1) is 6.54 Å². The first-order valence-electron chi connectivity index (χ1n) is 6.10. The minimum Gasteiger partial charge on any atom is -0.358 e. The molecule has 110 valence electrons. The molecular weight excluding hydrogens is 340 g/mol. The molecule has 0 aliphatic heterocycles. The van der Waals surface area contributed by atoms with Gasteiger partial charge in [0.2, 0.25) is 17.6 Å². The van der Waals surface area contributed by atoms with E-state index in [-0.39, 0.29) is 24.9 Å². The second kappa shape index (κ2) is 6.93. The fourth-order valence-corrected chi connectivity index (χ4v) is 1.97. The van der Waals surface area contributed by atoms with Crippen LogP contribution < -0.4 is 10.6 Å². The summed E-state index contributed by atoms with van der Waals surface area (Å²) in [6.07, 6.45) is 0. The highest BCUT2D eigenvalue weighted by Gasteiger charge is 2.11. The van der Waals surface area contributed by atoms with Crippen LogP contribution in [0.3, 0.4) is 0 Å². The van der Waals surface area contributed by atoms with Gasteiger partial charge in [-0.2, -0.15) is 4.80 Å². The number of hydrogen-bond donors (Lipinski definition) is 2. The van der Waals surface area contributed by atoms with E-state index in [0.29, 0.717) is 5.82 Å². The van der Waals surface area contributed by atoms with Crippen LogP contribution in [0.15, 0.2) is 28.7 Å². The third-order valence-corrected chi connectivity index (χ3v) is 3.27. The number of benzene rings is 1. The number of likely N-dealkylation sites (N-methyl/N-ethyl adjacent to an activating group) is 1. The molecule has 2 amide bonds. The number of halogens is 1. The summed E-state index contributed by atoms with van der Waals surface area (Å²) in [5, 5.41) is 16.7. The van der Waals surface area contributed by atoms with Crippen LogP contribution in [0.1, 0.15) is 0 Å². The number of nitrogens with zero attached hydrogens (tertiary/aromatic N) is 4. The molecule has 0 radical (unpaired) electrons. The van der Waals surface area contributed by atoms with Crippen molar-refractivity contribution in [2.24, 2.45) is 0 Å². The van der Waals surface area contributed by atoms with E-state index in [9.17, 15) is 9.59 Å². The summed E-state index contributed by atoms with van der Waals surface area (Å²) < 4.78 is 0.841. The maximum Gasteiger partial charge on any atom is 0.244 e. The van der Waals surface area contributed by atoms with Crippen LogP contribution in [-0.2, 0) is 16.1 Å². The highest BCUT2D eigenvalue weighted by atomic mass is 79.9. The van der Waals surface area contributed by atoms with Crippen LogP contribution in [0.4, 0.5) is 0 Å². The van der Waals surface area contributed by atoms with Crippen LogP contribution in [0.5, 0.6) is 0 Å². The third kappa shape index (κ3) is 4.09. The second-order valence-electron chi connectivity index (χ2n) is 4.07. The molecule has 0 bridgehead atoms. The number of rotatable bonds is 5. The van der Waals surface area contributed by atoms with Gasteiger partial charge in [0.15, 0.2) is 0 Å². The Kier molecular flexibility index (Phi) is 4.99. The first kappa shape index (κ1) is 15.1. The molecular formula is C12H13BrN6O2. The fraction of sp³-hybridized carbons (Fsp3) is 0.250. The van der Waals surface area contributed by atoms with E-state index in [1.807, 2.05) is 24.3 Å². The van der Waals surface area contributed by atoms with E-state index in [0.717, 1.165) is 10.0 Å². The minimum absolute atomic E-state index is 0.0822. The summed E-state index contributed by atoms with van der Waals surface area (Å²) >= 11 is 3.40. The monoisotopic (exact) mass is 352 g/mol. The van der Waals surface area contributed by atoms with Crippen molar-refractivity contribution < 1.29 is 9.59 Å². The van der Waals surface area contributed by atoms with E-state index in [4.69, 9.17) is 0 Å². The third-order valence-electron chi connectivity index (χ3n) is 2.58. The van der Waals surface area contributed by atoms with Gasteiger partial charge in [-0.05, 0) is 17.3 Å². The van der Waals surface area contributed by atoms with Crippen molar-refractivity contribution in [1.29, 1.82) is 0 Å². The van der Waals surface area contributed by atoms with Crippen molar-refractivity contribution in [3.05, 3.63) is 28.7 Å². The molecule has 21 heavy (non-hydrogen) atoms. The lowest BCUT2D eigenvalue weighted by Crippen LogP contribution is -2.37. The van der Waals surface area contributed by atoms with Gasteiger partial charge in [-0.15, -0.1) is 10.2 Å². The van der Waals surface area contributed by atoms with Crippen LogP contribution >= 0.6 is 15.9 Å². The Balaban J connectivity index is 1.99. The molecule has 0 aliphatic carbocycles. The number of amides is 2. The number of hydrogen-bond acceptors (Lipinski definition) is 5. The zero-order chi connectivity index (χ0) is 15.2. The van der Waals surface area contributed by atoms with E-state index in [1.165, 1.54) is 11.8 Å². The van der Waals surface area contributed by atoms with Crippen molar-refractivity contribution >= 4 is 27.7 Å². The molecule has 0 saturated carbocycles. The fourth-order valence-electron chi connectivity index (χ4n) is 1.51. The number of nitrogens with one attached hydrogen (secondary N) is 2. The standard InChI is InChI=1S/C12H13BrN6O2/c1-14-10(20)6-15-11(21)7-19-17-12(16-18-19)8-4-2-3-5-9(8)13/h2-5H,6-7H2,1H3,(H,14,20)(H,15,21). The maximum absolute atomic E-state index is 11.6. The summed E-state index contributed by atoms with van der Waals surface area (Å²) in [5.41, 5.74) is 0.787. The molecule has 0 aliphatic rings. The number of aromatic nitrogens is 4. The van der Waals surface area contributed by atoms with Crippen LogP contribution in [0, 0.1) is 0 Å². The molecule has 2 N–H and O–H groups in total. The van der Waals surface area contributed by atoms with Gasteiger partial charge in [-0.1, -0.05) is 28.1 Å². The van der Waals surface area contributed by atoms with Crippen LogP contribution in [0.25, 0.3) is 11.4 Å². The highest BCUT2D eigenvalue weighted by molar-refractivity contribution is 9.10. The zero-order valence-corrected chi connectivity index (χ0v) is 12.8. The van der Waals surface area contributed by atoms with Gasteiger partial charge in [-0.3, -0.25) is 9.59 Å². The molecule has 0 fully saturated rings. The second-order valence-corrected chi connectivity index (χ2v) is 4.93. The topological polar surface area (TPSA) is 102 Å². The molecule has 1 heterocycles. The van der Waals surface area contributed by atoms with Gasteiger partial charge in [0.1, 0.15) is 6.54 Å². The molecule has 0 unspecified atom stereocenters. The average molecular weight is 353 g/mol. The predicted octanol–water partition coefficient (Wildman–Crippen LogP) is -0.0352. The zero-order valence-electron chi connectivity index (χ0n) is 11.2. The Bertz CT molecular complexity index is 657. The van der Waals surface area contributed by atoms with Crippen molar-refractivity contribution in [1.82, 2.24) is 30.8 Å². The molecule has 2 aromatic rings. The van der Waals surface area contributed by atoms with Gasteiger partial charge in [0.25, 0.3) is 0 Å². The normalized spacial score (nSPS) is 10.2. The van der Waals surface area contributed by atoms with Gasteiger partial charge < -0.3 is 10.6 Å². The average Bonchev–Trinajstić information content (AvgIpc) is 2.93. The SMILES string of the molecule is CNC(=O)CNC(=O)Cn1nnc(-c2ccccc2Br)n1. The summed E-state index contributed by atoms with van der Waals surface area (Å²) in [4.78, 5) is 23.8. The summed E-state index contributed by atoms with van der Waals surface area (Å²) in [6.45, 7) is -0.185. The van der Waals surface area contributed by atoms with Crippen molar-refractivity contribution in [3.8, 4) is 11.4 Å². The van der Waals surface area contributed by atoms with E-state index < -0.39 is 0 Å². The van der Waals surface area contributed by atoms with E-state index in [1.54, 1.807) is 0 Å². The minimum atomic E-state index is -0.366.